The second-order valence-electron chi connectivity index (χ2n) is 4.61. The monoisotopic (exact) mass is 292 g/mol. The van der Waals surface area contributed by atoms with Gasteiger partial charge in [-0.25, -0.2) is 0 Å². The fourth-order valence-electron chi connectivity index (χ4n) is 2.00. The highest BCUT2D eigenvalue weighted by atomic mass is 16.5. The van der Waals surface area contributed by atoms with Gasteiger partial charge in [0.25, 0.3) is 0 Å². The number of ether oxygens (including phenoxy) is 1. The molecule has 0 radical (unpaired) electrons. The van der Waals surface area contributed by atoms with E-state index in [4.69, 9.17) is 4.74 Å². The quantitative estimate of drug-likeness (QED) is 0.704. The maximum Gasteiger partial charge on any atom is 0.234 e. The second-order valence-corrected chi connectivity index (χ2v) is 4.61. The van der Waals surface area contributed by atoms with Crippen molar-refractivity contribution < 1.29 is 14.3 Å². The molecular weight excluding hydrogens is 268 g/mol. The molecule has 1 rings (SSSR count). The summed E-state index contributed by atoms with van der Waals surface area (Å²) < 4.78 is 5.47. The number of amides is 1. The van der Waals surface area contributed by atoms with Crippen LogP contribution in [-0.2, 0) is 4.79 Å². The number of hydrogen-bond acceptors (Lipinski definition) is 4. The van der Waals surface area contributed by atoms with Gasteiger partial charge in [-0.2, -0.15) is 0 Å². The number of nitrogens with zero attached hydrogens (tertiary/aromatic N) is 1. The Bertz CT molecular complexity index is 474. The van der Waals surface area contributed by atoms with Crippen molar-refractivity contribution in [2.45, 2.75) is 20.8 Å². The van der Waals surface area contributed by atoms with E-state index in [-0.39, 0.29) is 24.8 Å². The molecule has 0 heterocycles. The van der Waals surface area contributed by atoms with Crippen LogP contribution in [0.5, 0.6) is 5.75 Å². The van der Waals surface area contributed by atoms with Gasteiger partial charge in [0.05, 0.1) is 25.3 Å². The van der Waals surface area contributed by atoms with E-state index in [1.54, 1.807) is 12.1 Å². The minimum absolute atomic E-state index is 0.0369. The Hall–Kier alpha value is -1.88. The Morgan fingerprint density at radius 2 is 1.86 bits per heavy atom. The minimum atomic E-state index is -0.0646. The molecule has 5 nitrogen and oxygen atoms in total. The van der Waals surface area contributed by atoms with Crippen LogP contribution in [0, 0.1) is 0 Å². The maximum atomic E-state index is 12.4. The molecule has 21 heavy (non-hydrogen) atoms. The summed E-state index contributed by atoms with van der Waals surface area (Å²) in [6.07, 6.45) is 0. The van der Waals surface area contributed by atoms with E-state index in [9.17, 15) is 9.59 Å². The molecule has 1 aromatic rings. The van der Waals surface area contributed by atoms with Crippen LogP contribution in [-0.4, -0.2) is 49.4 Å². The summed E-state index contributed by atoms with van der Waals surface area (Å²) in [5.41, 5.74) is 0.564. The van der Waals surface area contributed by atoms with Crippen molar-refractivity contribution in [1.82, 2.24) is 10.2 Å². The molecule has 1 N–H and O–H groups in total. The third-order valence-electron chi connectivity index (χ3n) is 3.04. The predicted octanol–water partition coefficient (Wildman–Crippen LogP) is 1.73. The van der Waals surface area contributed by atoms with Crippen molar-refractivity contribution >= 4 is 11.7 Å². The molecular formula is C16H24N2O3. The van der Waals surface area contributed by atoms with Crippen LogP contribution in [0.3, 0.4) is 0 Å². The Morgan fingerprint density at radius 3 is 2.48 bits per heavy atom. The van der Waals surface area contributed by atoms with E-state index in [1.807, 2.05) is 37.8 Å². The second kappa shape index (κ2) is 9.13. The zero-order chi connectivity index (χ0) is 15.7. The van der Waals surface area contributed by atoms with Crippen LogP contribution in [0.2, 0.25) is 0 Å². The lowest BCUT2D eigenvalue weighted by molar-refractivity contribution is -0.121. The van der Waals surface area contributed by atoms with Crippen molar-refractivity contribution in [1.29, 1.82) is 0 Å². The Balaban J connectivity index is 2.72. The van der Waals surface area contributed by atoms with Crippen molar-refractivity contribution in [3.8, 4) is 5.75 Å². The fraction of sp³-hybridized carbons (Fsp3) is 0.500. The van der Waals surface area contributed by atoms with E-state index in [2.05, 4.69) is 5.32 Å². The lowest BCUT2D eigenvalue weighted by atomic mass is 10.1. The zero-order valence-corrected chi connectivity index (χ0v) is 13.0. The number of Topliss-reactive ketones (excluding diaryl/α,β-unsaturated/α-hetero) is 1. The van der Waals surface area contributed by atoms with Gasteiger partial charge < -0.3 is 10.1 Å². The maximum absolute atomic E-state index is 12.4. The summed E-state index contributed by atoms with van der Waals surface area (Å²) in [5.74, 6) is 0.495. The summed E-state index contributed by atoms with van der Waals surface area (Å²) in [6, 6.07) is 7.20. The highest BCUT2D eigenvalue weighted by Crippen LogP contribution is 2.18. The van der Waals surface area contributed by atoms with Gasteiger partial charge >= 0.3 is 0 Å². The normalized spacial score (nSPS) is 10.5. The van der Waals surface area contributed by atoms with Crippen molar-refractivity contribution in [3.63, 3.8) is 0 Å². The first-order valence-corrected chi connectivity index (χ1v) is 7.36. The van der Waals surface area contributed by atoms with Crippen LogP contribution in [0.1, 0.15) is 31.1 Å². The van der Waals surface area contributed by atoms with E-state index in [0.29, 0.717) is 31.0 Å². The van der Waals surface area contributed by atoms with Crippen LogP contribution < -0.4 is 10.1 Å². The SMILES string of the molecule is CCNC(=O)CN(CC)CC(=O)c1ccccc1OCC. The summed E-state index contributed by atoms with van der Waals surface area (Å²) in [4.78, 5) is 25.8. The van der Waals surface area contributed by atoms with Gasteiger partial charge in [0, 0.05) is 6.54 Å². The van der Waals surface area contributed by atoms with Gasteiger partial charge in [0.1, 0.15) is 5.75 Å². The Morgan fingerprint density at radius 1 is 1.14 bits per heavy atom. The van der Waals surface area contributed by atoms with Gasteiger partial charge in [-0.1, -0.05) is 19.1 Å². The lowest BCUT2D eigenvalue weighted by Crippen LogP contribution is -2.39. The summed E-state index contributed by atoms with van der Waals surface area (Å²) in [6.45, 7) is 7.87. The third-order valence-corrected chi connectivity index (χ3v) is 3.04. The predicted molar refractivity (Wildman–Crippen MR) is 82.7 cm³/mol. The molecule has 0 aliphatic rings. The number of ketones is 1. The lowest BCUT2D eigenvalue weighted by Gasteiger charge is -2.19. The first-order chi connectivity index (χ1) is 10.1. The fourth-order valence-corrected chi connectivity index (χ4v) is 2.00. The van der Waals surface area contributed by atoms with Crippen molar-refractivity contribution in [2.24, 2.45) is 0 Å². The molecule has 1 aromatic carbocycles. The molecule has 0 aliphatic carbocycles. The average Bonchev–Trinajstić information content (AvgIpc) is 2.47. The minimum Gasteiger partial charge on any atom is -0.493 e. The number of carbonyl (C=O) groups excluding carboxylic acids is 2. The van der Waals surface area contributed by atoms with Crippen LogP contribution in [0.15, 0.2) is 24.3 Å². The molecule has 0 fully saturated rings. The zero-order valence-electron chi connectivity index (χ0n) is 13.0. The number of carbonyl (C=O) groups is 2. The number of benzene rings is 1. The van der Waals surface area contributed by atoms with E-state index in [1.165, 1.54) is 0 Å². The van der Waals surface area contributed by atoms with Crippen LogP contribution >= 0.6 is 0 Å². The highest BCUT2D eigenvalue weighted by molar-refractivity contribution is 6.00. The average molecular weight is 292 g/mol. The Kier molecular flexibility index (Phi) is 7.46. The summed E-state index contributed by atoms with van der Waals surface area (Å²) in [5, 5.41) is 2.74. The van der Waals surface area contributed by atoms with Gasteiger partial charge in [0.15, 0.2) is 5.78 Å². The molecule has 5 heteroatoms. The van der Waals surface area contributed by atoms with Crippen molar-refractivity contribution in [2.75, 3.05) is 32.8 Å². The highest BCUT2D eigenvalue weighted by Gasteiger charge is 2.17. The molecule has 0 aromatic heterocycles. The Labute approximate surface area is 126 Å². The molecule has 0 bridgehead atoms. The van der Waals surface area contributed by atoms with Gasteiger partial charge in [-0.15, -0.1) is 0 Å². The number of nitrogens with one attached hydrogen (secondary N) is 1. The molecule has 0 saturated carbocycles. The van der Waals surface area contributed by atoms with Gasteiger partial charge in [-0.3, -0.25) is 14.5 Å². The van der Waals surface area contributed by atoms with Gasteiger partial charge in [0.2, 0.25) is 5.91 Å². The number of para-hydroxylation sites is 1. The number of hydrogen-bond donors (Lipinski definition) is 1. The van der Waals surface area contributed by atoms with Crippen molar-refractivity contribution in [3.05, 3.63) is 29.8 Å². The topological polar surface area (TPSA) is 58.6 Å². The van der Waals surface area contributed by atoms with Gasteiger partial charge in [-0.05, 0) is 32.5 Å². The molecule has 0 spiro atoms. The molecule has 116 valence electrons. The van der Waals surface area contributed by atoms with E-state index >= 15 is 0 Å². The first-order valence-electron chi connectivity index (χ1n) is 7.36. The standard InChI is InChI=1S/C16H24N2O3/c1-4-17-16(20)12-18(5-2)11-14(19)13-9-7-8-10-15(13)21-6-3/h7-10H,4-6,11-12H2,1-3H3,(H,17,20). The smallest absolute Gasteiger partial charge is 0.234 e. The number of rotatable bonds is 9. The third kappa shape index (κ3) is 5.55. The molecule has 1 amide bonds. The molecule has 0 unspecified atom stereocenters. The number of likely N-dealkylation sites (N-methyl/N-ethyl adjacent to an activating group) is 2. The van der Waals surface area contributed by atoms with E-state index < -0.39 is 0 Å². The largest absolute Gasteiger partial charge is 0.493 e. The van der Waals surface area contributed by atoms with E-state index in [0.717, 1.165) is 0 Å². The van der Waals surface area contributed by atoms with Crippen LogP contribution in [0.25, 0.3) is 0 Å². The molecule has 0 aliphatic heterocycles. The van der Waals surface area contributed by atoms with Crippen LogP contribution in [0.4, 0.5) is 0 Å². The molecule has 0 atom stereocenters. The summed E-state index contributed by atoms with van der Waals surface area (Å²) >= 11 is 0. The molecule has 0 saturated heterocycles. The first kappa shape index (κ1) is 17.2. The summed E-state index contributed by atoms with van der Waals surface area (Å²) in [7, 11) is 0.